The standard InChI is InChI=1S/C7H12N2/c1-4-9-6-5-8(3)7(9)2/h5-6H,2,4H2,1,3H3/q+2. The molecule has 0 aromatic carbocycles. The summed E-state index contributed by atoms with van der Waals surface area (Å²) in [4.78, 5) is 0. The molecule has 1 aliphatic heterocycles. The minimum Gasteiger partial charge on any atom is -0.140 e. The molecule has 0 bridgehead atoms. The fourth-order valence-corrected chi connectivity index (χ4v) is 0.843. The zero-order valence-corrected chi connectivity index (χ0v) is 5.96. The summed E-state index contributed by atoms with van der Waals surface area (Å²) >= 11 is 0. The van der Waals surface area contributed by atoms with Crippen molar-refractivity contribution in [2.24, 2.45) is 0 Å². The second kappa shape index (κ2) is 2.13. The molecule has 48 valence electrons. The van der Waals surface area contributed by atoms with Crippen LogP contribution < -0.4 is 0 Å². The Hall–Kier alpha value is -0.920. The maximum absolute atomic E-state index is 3.88. The molecule has 1 aliphatic rings. The van der Waals surface area contributed by atoms with Crippen molar-refractivity contribution in [3.63, 3.8) is 0 Å². The molecule has 0 saturated carbocycles. The topological polar surface area (TPSA) is 6.02 Å². The van der Waals surface area contributed by atoms with E-state index < -0.39 is 0 Å². The lowest BCUT2D eigenvalue weighted by Gasteiger charge is -1.87. The summed E-state index contributed by atoms with van der Waals surface area (Å²) in [5.41, 5.74) is 0. The molecule has 0 radical (unpaired) electrons. The monoisotopic (exact) mass is 124 g/mol. The molecule has 9 heavy (non-hydrogen) atoms. The number of nitrogens with zero attached hydrogens (tertiary/aromatic N) is 2. The van der Waals surface area contributed by atoms with E-state index in [9.17, 15) is 0 Å². The van der Waals surface area contributed by atoms with Gasteiger partial charge in [0, 0.05) is 6.58 Å². The lowest BCUT2D eigenvalue weighted by molar-refractivity contribution is -0.624. The molecule has 0 spiro atoms. The van der Waals surface area contributed by atoms with Gasteiger partial charge in [0.1, 0.15) is 7.05 Å². The Kier molecular flexibility index (Phi) is 1.47. The van der Waals surface area contributed by atoms with Crippen LogP contribution in [0.5, 0.6) is 0 Å². The van der Waals surface area contributed by atoms with Gasteiger partial charge in [-0.25, -0.2) is 0 Å². The maximum Gasteiger partial charge on any atom is 0.436 e. The molecular weight excluding hydrogens is 112 g/mol. The first-order valence-corrected chi connectivity index (χ1v) is 3.12. The summed E-state index contributed by atoms with van der Waals surface area (Å²) < 4.78 is 4.10. The van der Waals surface area contributed by atoms with E-state index in [2.05, 4.69) is 18.1 Å². The molecule has 0 atom stereocenters. The summed E-state index contributed by atoms with van der Waals surface area (Å²) in [7, 11) is 1.99. The van der Waals surface area contributed by atoms with Crippen molar-refractivity contribution in [2.45, 2.75) is 6.92 Å². The minimum atomic E-state index is 1.000. The van der Waals surface area contributed by atoms with Crippen LogP contribution in [0, 0.1) is 0 Å². The van der Waals surface area contributed by atoms with Gasteiger partial charge in [-0.3, -0.25) is 0 Å². The van der Waals surface area contributed by atoms with Gasteiger partial charge in [-0.15, -0.1) is 9.15 Å². The highest BCUT2D eigenvalue weighted by Gasteiger charge is 2.22. The highest BCUT2D eigenvalue weighted by Crippen LogP contribution is 1.95. The molecule has 0 aliphatic carbocycles. The predicted molar refractivity (Wildman–Crippen MR) is 38.3 cm³/mol. The predicted octanol–water partition coefficient (Wildman–Crippen LogP) is 0.288. The summed E-state index contributed by atoms with van der Waals surface area (Å²) in [5.74, 6) is 1.05. The van der Waals surface area contributed by atoms with Crippen LogP contribution in [0.4, 0.5) is 0 Å². The van der Waals surface area contributed by atoms with E-state index in [1.807, 2.05) is 24.1 Å². The average molecular weight is 124 g/mol. The van der Waals surface area contributed by atoms with Gasteiger partial charge in [0.05, 0.1) is 0 Å². The van der Waals surface area contributed by atoms with Crippen molar-refractivity contribution in [3.8, 4) is 0 Å². The molecule has 0 unspecified atom stereocenters. The van der Waals surface area contributed by atoms with Crippen molar-refractivity contribution < 1.29 is 9.15 Å². The second-order valence-electron chi connectivity index (χ2n) is 2.11. The van der Waals surface area contributed by atoms with E-state index >= 15 is 0 Å². The first-order valence-electron chi connectivity index (χ1n) is 3.12. The van der Waals surface area contributed by atoms with Crippen LogP contribution in [-0.2, 0) is 0 Å². The van der Waals surface area contributed by atoms with Crippen LogP contribution >= 0.6 is 0 Å². The molecule has 0 N–H and O–H groups in total. The van der Waals surface area contributed by atoms with Crippen molar-refractivity contribution in [3.05, 3.63) is 12.4 Å². The minimum absolute atomic E-state index is 1.000. The Balaban J connectivity index is 2.79. The molecule has 1 rings (SSSR count). The molecule has 0 aromatic rings. The summed E-state index contributed by atoms with van der Waals surface area (Å²) in [5, 5.41) is 0. The third kappa shape index (κ3) is 0.922. The highest BCUT2D eigenvalue weighted by molar-refractivity contribution is 6.11. The molecule has 0 fully saturated rings. The number of hydrogen-bond donors (Lipinski definition) is 0. The van der Waals surface area contributed by atoms with E-state index in [-0.39, 0.29) is 0 Å². The third-order valence-electron chi connectivity index (χ3n) is 1.55. The van der Waals surface area contributed by atoms with Gasteiger partial charge < -0.3 is 0 Å². The van der Waals surface area contributed by atoms with Crippen molar-refractivity contribution in [1.82, 2.24) is 0 Å². The third-order valence-corrected chi connectivity index (χ3v) is 1.55. The summed E-state index contributed by atoms with van der Waals surface area (Å²) in [6.45, 7) is 6.98. The van der Waals surface area contributed by atoms with Gasteiger partial charge in [-0.1, -0.05) is 0 Å². The Labute approximate surface area is 55.4 Å². The lowest BCUT2D eigenvalue weighted by atomic mass is 10.6. The Morgan fingerprint density at radius 3 is 2.44 bits per heavy atom. The Morgan fingerprint density at radius 1 is 1.56 bits per heavy atom. The Morgan fingerprint density at radius 2 is 2.22 bits per heavy atom. The molecular formula is C7H12N2+2. The fraction of sp³-hybridized carbons (Fsp3) is 0.429. The van der Waals surface area contributed by atoms with Crippen LogP contribution in [0.15, 0.2) is 12.4 Å². The molecule has 0 aromatic heterocycles. The van der Waals surface area contributed by atoms with E-state index in [0.29, 0.717) is 0 Å². The lowest BCUT2D eigenvalue weighted by Crippen LogP contribution is -2.11. The van der Waals surface area contributed by atoms with Gasteiger partial charge in [0.15, 0.2) is 6.54 Å². The van der Waals surface area contributed by atoms with Gasteiger partial charge >= 0.3 is 5.82 Å². The smallest absolute Gasteiger partial charge is 0.140 e. The van der Waals surface area contributed by atoms with Crippen LogP contribution in [0.3, 0.4) is 0 Å². The van der Waals surface area contributed by atoms with E-state index in [0.717, 1.165) is 12.4 Å². The fourth-order valence-electron chi connectivity index (χ4n) is 0.843. The van der Waals surface area contributed by atoms with Crippen molar-refractivity contribution in [1.29, 1.82) is 0 Å². The summed E-state index contributed by atoms with van der Waals surface area (Å²) in [6, 6.07) is 0. The zero-order valence-electron chi connectivity index (χ0n) is 5.96. The van der Waals surface area contributed by atoms with E-state index in [1.165, 1.54) is 0 Å². The summed E-state index contributed by atoms with van der Waals surface area (Å²) in [6.07, 6.45) is 4.04. The van der Waals surface area contributed by atoms with Crippen LogP contribution in [0.2, 0.25) is 0 Å². The van der Waals surface area contributed by atoms with Crippen LogP contribution in [0.1, 0.15) is 6.92 Å². The molecule has 2 nitrogen and oxygen atoms in total. The van der Waals surface area contributed by atoms with Gasteiger partial charge in [-0.2, -0.15) is 0 Å². The normalized spacial score (nSPS) is 17.8. The second-order valence-corrected chi connectivity index (χ2v) is 2.11. The Bertz CT molecular complexity index is 199. The quantitative estimate of drug-likeness (QED) is 0.443. The first-order chi connectivity index (χ1) is 4.25. The highest BCUT2D eigenvalue weighted by atomic mass is 15.2. The largest absolute Gasteiger partial charge is 0.436 e. The van der Waals surface area contributed by atoms with Crippen molar-refractivity contribution in [2.75, 3.05) is 13.6 Å². The molecule has 2 heteroatoms. The van der Waals surface area contributed by atoms with Gasteiger partial charge in [0.2, 0.25) is 12.4 Å². The molecule has 1 heterocycles. The molecule has 0 amide bonds. The average Bonchev–Trinajstić information content (AvgIpc) is 2.15. The van der Waals surface area contributed by atoms with Gasteiger partial charge in [-0.05, 0) is 6.92 Å². The zero-order chi connectivity index (χ0) is 6.85. The number of rotatable bonds is 1. The van der Waals surface area contributed by atoms with Crippen LogP contribution in [-0.4, -0.2) is 35.2 Å². The van der Waals surface area contributed by atoms with E-state index in [1.54, 1.807) is 0 Å². The van der Waals surface area contributed by atoms with Gasteiger partial charge in [0.25, 0.3) is 0 Å². The van der Waals surface area contributed by atoms with E-state index in [4.69, 9.17) is 0 Å². The van der Waals surface area contributed by atoms with Crippen LogP contribution in [0.25, 0.3) is 0 Å². The maximum atomic E-state index is 3.88. The molecule has 0 saturated heterocycles. The first kappa shape index (κ1) is 6.20. The number of hydrogen-bond acceptors (Lipinski definition) is 0. The van der Waals surface area contributed by atoms with Crippen molar-refractivity contribution >= 4 is 12.4 Å². The SMILES string of the molecule is C=C1[N+](C)=CC=[N+]1CC.